The molecular formula is C14H8O14S4. The van der Waals surface area contributed by atoms with Crippen LogP contribution in [0.2, 0.25) is 0 Å². The van der Waals surface area contributed by atoms with E-state index in [1.54, 1.807) is 0 Å². The first-order chi connectivity index (χ1) is 14.3. The van der Waals surface area contributed by atoms with E-state index in [-0.39, 0.29) is 0 Å². The first kappa shape index (κ1) is 24.1. The number of carbonyl (C=O) groups is 2. The molecule has 0 amide bonds. The van der Waals surface area contributed by atoms with Gasteiger partial charge in [0.15, 0.2) is 11.6 Å². The molecule has 0 bridgehead atoms. The first-order valence-electron chi connectivity index (χ1n) is 7.61. The number of benzene rings is 2. The fourth-order valence-electron chi connectivity index (χ4n) is 3.14. The first-order valence-corrected chi connectivity index (χ1v) is 13.4. The van der Waals surface area contributed by atoms with Gasteiger partial charge in [0.25, 0.3) is 40.5 Å². The molecule has 0 aliphatic heterocycles. The topological polar surface area (TPSA) is 252 Å². The minimum absolute atomic E-state index is 0.313. The summed E-state index contributed by atoms with van der Waals surface area (Å²) in [6, 6.07) is 1.25. The van der Waals surface area contributed by atoms with E-state index in [4.69, 9.17) is 0 Å². The number of hydrogen-bond donors (Lipinski definition) is 4. The van der Waals surface area contributed by atoms with E-state index < -0.39 is 93.9 Å². The van der Waals surface area contributed by atoms with Crippen LogP contribution in [0.4, 0.5) is 0 Å². The van der Waals surface area contributed by atoms with Crippen LogP contribution in [0.1, 0.15) is 31.8 Å². The highest BCUT2D eigenvalue weighted by molar-refractivity contribution is 7.87. The van der Waals surface area contributed by atoms with Crippen LogP contribution in [0.3, 0.4) is 0 Å². The zero-order chi connectivity index (χ0) is 24.6. The van der Waals surface area contributed by atoms with Crippen molar-refractivity contribution in [2.45, 2.75) is 19.6 Å². The van der Waals surface area contributed by atoms with Gasteiger partial charge in [-0.25, -0.2) is 0 Å². The smallest absolute Gasteiger partial charge is 0.288 e. The number of rotatable bonds is 4. The summed E-state index contributed by atoms with van der Waals surface area (Å²) in [5.74, 6) is -3.66. The van der Waals surface area contributed by atoms with Gasteiger partial charge in [-0.1, -0.05) is 0 Å². The monoisotopic (exact) mass is 528 g/mol. The van der Waals surface area contributed by atoms with E-state index in [0.717, 1.165) is 0 Å². The summed E-state index contributed by atoms with van der Waals surface area (Å²) in [6.45, 7) is 0. The molecule has 2 aromatic carbocycles. The second-order valence-electron chi connectivity index (χ2n) is 6.18. The Hall–Kier alpha value is -2.58. The van der Waals surface area contributed by atoms with Crippen LogP contribution < -0.4 is 0 Å². The van der Waals surface area contributed by atoms with Gasteiger partial charge in [0.2, 0.25) is 0 Å². The Balaban J connectivity index is 2.71. The van der Waals surface area contributed by atoms with Gasteiger partial charge in [-0.3, -0.25) is 27.8 Å². The maximum atomic E-state index is 13.1. The van der Waals surface area contributed by atoms with E-state index in [1.165, 1.54) is 0 Å². The van der Waals surface area contributed by atoms with Crippen molar-refractivity contribution < 1.29 is 61.5 Å². The van der Waals surface area contributed by atoms with E-state index in [2.05, 4.69) is 0 Å². The lowest BCUT2D eigenvalue weighted by atomic mass is 9.84. The lowest BCUT2D eigenvalue weighted by molar-refractivity contribution is 0.0968. The fourth-order valence-corrected chi connectivity index (χ4v) is 5.91. The molecule has 0 unspecified atom stereocenters. The molecule has 1 aliphatic rings. The normalized spacial score (nSPS) is 14.8. The van der Waals surface area contributed by atoms with Crippen molar-refractivity contribution in [3.63, 3.8) is 0 Å². The van der Waals surface area contributed by atoms with Gasteiger partial charge in [0.1, 0.15) is 19.6 Å². The van der Waals surface area contributed by atoms with Crippen LogP contribution in [0.25, 0.3) is 0 Å². The molecule has 0 fully saturated rings. The molecule has 18 heteroatoms. The van der Waals surface area contributed by atoms with E-state index in [9.17, 15) is 61.5 Å². The summed E-state index contributed by atoms with van der Waals surface area (Å²) in [5, 5.41) is 0. The zero-order valence-corrected chi connectivity index (χ0v) is 18.1. The van der Waals surface area contributed by atoms with Crippen LogP contribution in [0.5, 0.6) is 0 Å². The van der Waals surface area contributed by atoms with Crippen molar-refractivity contribution in [1.29, 1.82) is 0 Å². The summed E-state index contributed by atoms with van der Waals surface area (Å²) in [7, 11) is -21.5. The van der Waals surface area contributed by atoms with Crippen molar-refractivity contribution in [2.75, 3.05) is 0 Å². The molecule has 0 saturated heterocycles. The summed E-state index contributed by atoms with van der Waals surface area (Å²) >= 11 is 0. The standard InChI is InChI=1S/C14H8O14S4/c15-13-9-5(29(17,18)19)1-2-6(30(20,21)22)10(9)14(16)12-8(32(26,27)28)4-3-7(11(12)13)31(23,24)25/h1-4H,(H,17,18,19)(H,20,21,22)(H,23,24,25)(H,26,27,28). The Morgan fingerprint density at radius 2 is 0.562 bits per heavy atom. The van der Waals surface area contributed by atoms with Crippen molar-refractivity contribution in [3.05, 3.63) is 46.5 Å². The fraction of sp³-hybridized carbons (Fsp3) is 0. The summed E-state index contributed by atoms with van der Waals surface area (Å²) in [6.07, 6.45) is 0. The second-order valence-corrected chi connectivity index (χ2v) is 11.7. The average Bonchev–Trinajstić information content (AvgIpc) is 2.60. The van der Waals surface area contributed by atoms with Crippen molar-refractivity contribution >= 4 is 52.0 Å². The molecule has 14 nitrogen and oxygen atoms in total. The van der Waals surface area contributed by atoms with E-state index in [1.807, 2.05) is 0 Å². The Morgan fingerprint density at radius 3 is 0.688 bits per heavy atom. The Bertz CT molecular complexity index is 1430. The molecule has 172 valence electrons. The van der Waals surface area contributed by atoms with Crippen molar-refractivity contribution in [2.24, 2.45) is 0 Å². The molecular weight excluding hydrogens is 520 g/mol. The minimum Gasteiger partial charge on any atom is -0.288 e. The van der Waals surface area contributed by atoms with Gasteiger partial charge >= 0.3 is 0 Å². The van der Waals surface area contributed by atoms with Crippen LogP contribution in [-0.2, 0) is 40.5 Å². The molecule has 0 heterocycles. The molecule has 4 N–H and O–H groups in total. The lowest BCUT2D eigenvalue weighted by Crippen LogP contribution is -2.30. The van der Waals surface area contributed by atoms with Crippen LogP contribution in [0, 0.1) is 0 Å². The number of hydrogen-bond acceptors (Lipinski definition) is 10. The Kier molecular flexibility index (Phi) is 5.23. The molecule has 2 aromatic rings. The third kappa shape index (κ3) is 3.75. The predicted octanol–water partition coefficient (Wildman–Crippen LogP) is -0.551. The minimum atomic E-state index is -5.38. The summed E-state index contributed by atoms with van der Waals surface area (Å²) in [4.78, 5) is 20.6. The van der Waals surface area contributed by atoms with Gasteiger partial charge in [-0.2, -0.15) is 33.7 Å². The van der Waals surface area contributed by atoms with Gasteiger partial charge in [-0.15, -0.1) is 0 Å². The van der Waals surface area contributed by atoms with Gasteiger partial charge in [0, 0.05) is 0 Å². The molecule has 0 atom stereocenters. The van der Waals surface area contributed by atoms with Gasteiger partial charge in [0.05, 0.1) is 22.3 Å². The molecule has 0 spiro atoms. The Morgan fingerprint density at radius 1 is 0.406 bits per heavy atom. The molecule has 0 aromatic heterocycles. The van der Waals surface area contributed by atoms with Crippen LogP contribution in [0.15, 0.2) is 43.8 Å². The van der Waals surface area contributed by atoms with Gasteiger partial charge < -0.3 is 0 Å². The summed E-state index contributed by atoms with van der Waals surface area (Å²) in [5.41, 5.74) is -5.68. The average molecular weight is 528 g/mol. The number of carbonyl (C=O) groups excluding carboxylic acids is 2. The van der Waals surface area contributed by atoms with E-state index >= 15 is 0 Å². The molecule has 32 heavy (non-hydrogen) atoms. The lowest BCUT2D eigenvalue weighted by Gasteiger charge is -2.23. The Labute approximate surface area is 179 Å². The third-order valence-electron chi connectivity index (χ3n) is 4.28. The van der Waals surface area contributed by atoms with Crippen molar-refractivity contribution in [3.8, 4) is 0 Å². The highest BCUT2D eigenvalue weighted by Crippen LogP contribution is 2.40. The largest absolute Gasteiger partial charge is 0.295 e. The molecule has 0 radical (unpaired) electrons. The van der Waals surface area contributed by atoms with E-state index in [0.29, 0.717) is 24.3 Å². The highest BCUT2D eigenvalue weighted by Gasteiger charge is 2.44. The molecule has 0 saturated carbocycles. The second kappa shape index (κ2) is 6.96. The zero-order valence-electron chi connectivity index (χ0n) is 14.8. The number of fused-ring (bicyclic) bond motifs is 2. The maximum Gasteiger partial charge on any atom is 0.295 e. The van der Waals surface area contributed by atoms with Crippen LogP contribution in [-0.4, -0.2) is 63.4 Å². The molecule has 1 aliphatic carbocycles. The van der Waals surface area contributed by atoms with Crippen LogP contribution >= 0.6 is 0 Å². The molecule has 3 rings (SSSR count). The highest BCUT2D eigenvalue weighted by atomic mass is 32.2. The maximum absolute atomic E-state index is 13.1. The third-order valence-corrected chi connectivity index (χ3v) is 7.86. The van der Waals surface area contributed by atoms with Gasteiger partial charge in [-0.05, 0) is 24.3 Å². The van der Waals surface area contributed by atoms with Crippen molar-refractivity contribution in [1.82, 2.24) is 0 Å². The predicted molar refractivity (Wildman–Crippen MR) is 99.0 cm³/mol. The SMILES string of the molecule is O=C1c2c(S(=O)(=O)O)ccc(S(=O)(=O)O)c2C(=O)c2c(S(=O)(=O)O)ccc(S(=O)(=O)O)c21. The summed E-state index contributed by atoms with van der Waals surface area (Å²) < 4.78 is 131. The number of ketones is 2. The quantitative estimate of drug-likeness (QED) is 0.310.